The maximum absolute atomic E-state index is 12.6. The van der Waals surface area contributed by atoms with Gasteiger partial charge in [-0.15, -0.1) is 0 Å². The number of piperidine rings is 1. The predicted molar refractivity (Wildman–Crippen MR) is 96.1 cm³/mol. The van der Waals surface area contributed by atoms with Crippen LogP contribution in [0.25, 0.3) is 0 Å². The molecule has 1 aromatic heterocycles. The van der Waals surface area contributed by atoms with Crippen LogP contribution in [0.5, 0.6) is 0 Å². The first kappa shape index (κ1) is 17.0. The van der Waals surface area contributed by atoms with Crippen molar-refractivity contribution in [3.8, 4) is 0 Å². The fourth-order valence-corrected chi connectivity index (χ4v) is 3.54. The number of aryl methyl sites for hydroxylation is 2. The van der Waals surface area contributed by atoms with E-state index in [0.717, 1.165) is 48.5 Å². The minimum Gasteiger partial charge on any atom is -0.348 e. The molecule has 0 aliphatic carbocycles. The number of amides is 1. The van der Waals surface area contributed by atoms with E-state index in [0.29, 0.717) is 12.3 Å². The highest BCUT2D eigenvalue weighted by Crippen LogP contribution is 2.23. The number of carbonyl (C=O) groups is 1. The largest absolute Gasteiger partial charge is 0.348 e. The molecule has 5 heteroatoms. The zero-order valence-corrected chi connectivity index (χ0v) is 14.9. The van der Waals surface area contributed by atoms with Gasteiger partial charge in [-0.1, -0.05) is 23.7 Å². The van der Waals surface area contributed by atoms with Gasteiger partial charge in [0.15, 0.2) is 0 Å². The summed E-state index contributed by atoms with van der Waals surface area (Å²) in [6, 6.07) is 5.89. The van der Waals surface area contributed by atoms with Crippen molar-refractivity contribution in [2.45, 2.75) is 39.0 Å². The highest BCUT2D eigenvalue weighted by molar-refractivity contribution is 6.31. The number of carbonyl (C=O) groups excluding carboxylic acids is 1. The summed E-state index contributed by atoms with van der Waals surface area (Å²) < 4.78 is 0. The van der Waals surface area contributed by atoms with Gasteiger partial charge in [-0.25, -0.2) is 4.98 Å². The van der Waals surface area contributed by atoms with Gasteiger partial charge < -0.3 is 9.88 Å². The molecule has 1 N–H and O–H groups in total. The Morgan fingerprint density at radius 1 is 1.46 bits per heavy atom. The minimum atomic E-state index is 0.209. The van der Waals surface area contributed by atoms with E-state index >= 15 is 0 Å². The second-order valence-corrected chi connectivity index (χ2v) is 7.13. The Labute approximate surface area is 148 Å². The van der Waals surface area contributed by atoms with Gasteiger partial charge in [0.2, 0.25) is 5.91 Å². The summed E-state index contributed by atoms with van der Waals surface area (Å²) in [5.74, 6) is 0.786. The number of halogens is 1. The standard InChI is InChI=1S/C19H24ClN3O/c1-14-4-5-16(9-18(14)20)10-19(24)23-8-2-3-15(12-23)6-7-17-11-21-13-22-17/h4-5,9,11,13,15H,2-3,6-8,10,12H2,1H3,(H,21,22). The predicted octanol–water partition coefficient (Wildman–Crippen LogP) is 3.79. The smallest absolute Gasteiger partial charge is 0.226 e. The molecule has 4 nitrogen and oxygen atoms in total. The molecule has 1 atom stereocenters. The third-order valence-corrected chi connectivity index (χ3v) is 5.25. The van der Waals surface area contributed by atoms with Crippen LogP contribution in [0.2, 0.25) is 5.02 Å². The normalized spacial score (nSPS) is 17.9. The molecule has 3 rings (SSSR count). The van der Waals surface area contributed by atoms with E-state index in [9.17, 15) is 4.79 Å². The Balaban J connectivity index is 1.53. The lowest BCUT2D eigenvalue weighted by Gasteiger charge is -2.33. The lowest BCUT2D eigenvalue weighted by atomic mass is 9.92. The second-order valence-electron chi connectivity index (χ2n) is 6.72. The highest BCUT2D eigenvalue weighted by atomic mass is 35.5. The van der Waals surface area contributed by atoms with Crippen molar-refractivity contribution >= 4 is 17.5 Å². The lowest BCUT2D eigenvalue weighted by Crippen LogP contribution is -2.40. The molecule has 0 radical (unpaired) electrons. The fraction of sp³-hybridized carbons (Fsp3) is 0.474. The van der Waals surface area contributed by atoms with Crippen molar-refractivity contribution in [3.63, 3.8) is 0 Å². The van der Waals surface area contributed by atoms with Crippen LogP contribution < -0.4 is 0 Å². The van der Waals surface area contributed by atoms with E-state index in [2.05, 4.69) is 9.97 Å². The molecule has 24 heavy (non-hydrogen) atoms. The molecule has 1 saturated heterocycles. The highest BCUT2D eigenvalue weighted by Gasteiger charge is 2.23. The number of aromatic nitrogens is 2. The van der Waals surface area contributed by atoms with Crippen LogP contribution in [-0.4, -0.2) is 33.9 Å². The average Bonchev–Trinajstić information content (AvgIpc) is 3.10. The molecular formula is C19H24ClN3O. The number of nitrogens with one attached hydrogen (secondary N) is 1. The molecule has 0 saturated carbocycles. The molecule has 1 unspecified atom stereocenters. The van der Waals surface area contributed by atoms with Gasteiger partial charge in [0.05, 0.1) is 12.7 Å². The lowest BCUT2D eigenvalue weighted by molar-refractivity contribution is -0.132. The van der Waals surface area contributed by atoms with Gasteiger partial charge in [0.1, 0.15) is 0 Å². The quantitative estimate of drug-likeness (QED) is 0.896. The van der Waals surface area contributed by atoms with Crippen molar-refractivity contribution in [3.05, 3.63) is 52.6 Å². The Bertz CT molecular complexity index is 684. The maximum atomic E-state index is 12.6. The molecular weight excluding hydrogens is 322 g/mol. The Kier molecular flexibility index (Phi) is 5.56. The van der Waals surface area contributed by atoms with Gasteiger partial charge in [-0.3, -0.25) is 4.79 Å². The first-order valence-corrected chi connectivity index (χ1v) is 8.99. The van der Waals surface area contributed by atoms with Crippen LogP contribution in [0.3, 0.4) is 0 Å². The average molecular weight is 346 g/mol. The number of H-pyrrole nitrogens is 1. The number of hydrogen-bond donors (Lipinski definition) is 1. The van der Waals surface area contributed by atoms with E-state index < -0.39 is 0 Å². The summed E-state index contributed by atoms with van der Waals surface area (Å²) in [5.41, 5.74) is 3.22. The zero-order valence-electron chi connectivity index (χ0n) is 14.1. The van der Waals surface area contributed by atoms with Crippen molar-refractivity contribution in [2.75, 3.05) is 13.1 Å². The monoisotopic (exact) mass is 345 g/mol. The Morgan fingerprint density at radius 2 is 2.33 bits per heavy atom. The van der Waals surface area contributed by atoms with Gasteiger partial charge >= 0.3 is 0 Å². The zero-order chi connectivity index (χ0) is 16.9. The van der Waals surface area contributed by atoms with E-state index in [1.807, 2.05) is 36.2 Å². The summed E-state index contributed by atoms with van der Waals surface area (Å²) in [6.07, 6.45) is 8.43. The first-order valence-electron chi connectivity index (χ1n) is 8.62. The van der Waals surface area contributed by atoms with E-state index in [4.69, 9.17) is 11.6 Å². The van der Waals surface area contributed by atoms with Crippen LogP contribution in [-0.2, 0) is 17.6 Å². The molecule has 1 aromatic carbocycles. The maximum Gasteiger partial charge on any atom is 0.226 e. The van der Waals surface area contributed by atoms with Crippen LogP contribution in [0, 0.1) is 12.8 Å². The van der Waals surface area contributed by atoms with Gasteiger partial charge in [-0.2, -0.15) is 0 Å². The molecule has 0 bridgehead atoms. The van der Waals surface area contributed by atoms with E-state index in [1.165, 1.54) is 12.1 Å². The molecule has 128 valence electrons. The summed E-state index contributed by atoms with van der Waals surface area (Å²) in [5, 5.41) is 0.733. The molecule has 1 fully saturated rings. The summed E-state index contributed by atoms with van der Waals surface area (Å²) >= 11 is 6.16. The van der Waals surface area contributed by atoms with E-state index in [1.54, 1.807) is 6.33 Å². The Morgan fingerprint density at radius 3 is 3.08 bits per heavy atom. The number of nitrogens with zero attached hydrogens (tertiary/aromatic N) is 2. The third-order valence-electron chi connectivity index (χ3n) is 4.84. The molecule has 2 aromatic rings. The fourth-order valence-electron chi connectivity index (χ4n) is 3.34. The second kappa shape index (κ2) is 7.84. The first-order chi connectivity index (χ1) is 11.6. The number of hydrogen-bond acceptors (Lipinski definition) is 2. The Hall–Kier alpha value is -1.81. The number of likely N-dealkylation sites (tertiary alicyclic amines) is 1. The van der Waals surface area contributed by atoms with Crippen LogP contribution in [0.1, 0.15) is 36.1 Å². The summed E-state index contributed by atoms with van der Waals surface area (Å²) in [7, 11) is 0. The van der Waals surface area contributed by atoms with Crippen molar-refractivity contribution in [2.24, 2.45) is 5.92 Å². The number of aromatic amines is 1. The van der Waals surface area contributed by atoms with Crippen molar-refractivity contribution in [1.82, 2.24) is 14.9 Å². The summed E-state index contributed by atoms with van der Waals surface area (Å²) in [6.45, 7) is 3.72. The van der Waals surface area contributed by atoms with E-state index in [-0.39, 0.29) is 5.91 Å². The van der Waals surface area contributed by atoms with Gasteiger partial charge in [0, 0.05) is 30.0 Å². The molecule has 1 amide bonds. The van der Waals surface area contributed by atoms with Gasteiger partial charge in [0.25, 0.3) is 0 Å². The van der Waals surface area contributed by atoms with Gasteiger partial charge in [-0.05, 0) is 55.7 Å². The number of benzene rings is 1. The number of rotatable bonds is 5. The third kappa shape index (κ3) is 4.38. The van der Waals surface area contributed by atoms with Crippen molar-refractivity contribution in [1.29, 1.82) is 0 Å². The van der Waals surface area contributed by atoms with Crippen LogP contribution in [0.15, 0.2) is 30.7 Å². The van der Waals surface area contributed by atoms with Crippen LogP contribution >= 0.6 is 11.6 Å². The molecule has 0 spiro atoms. The van der Waals surface area contributed by atoms with Crippen molar-refractivity contribution < 1.29 is 4.79 Å². The molecule has 2 heterocycles. The SMILES string of the molecule is Cc1ccc(CC(=O)N2CCCC(CCc3cnc[nH]3)C2)cc1Cl. The topological polar surface area (TPSA) is 49.0 Å². The molecule has 1 aliphatic rings. The minimum absolute atomic E-state index is 0.209. The molecule has 1 aliphatic heterocycles. The number of imidazole rings is 1. The van der Waals surface area contributed by atoms with Crippen LogP contribution in [0.4, 0.5) is 0 Å². The summed E-state index contributed by atoms with van der Waals surface area (Å²) in [4.78, 5) is 21.8.